The van der Waals surface area contributed by atoms with Gasteiger partial charge in [0.15, 0.2) is 0 Å². The quantitative estimate of drug-likeness (QED) is 0.469. The summed E-state index contributed by atoms with van der Waals surface area (Å²) < 4.78 is 0. The first-order valence-electron chi connectivity index (χ1n) is 7.50. The lowest BCUT2D eigenvalue weighted by atomic mass is 10.1. The number of nitro benzene ring substituents is 1. The number of carbonyl (C=O) groups excluding carboxylic acids is 4. The number of hydrogen-bond acceptors (Lipinski definition) is 6. The van der Waals surface area contributed by atoms with Crippen molar-refractivity contribution in [2.45, 2.75) is 0 Å². The molecule has 128 valence electrons. The molecule has 0 saturated carbocycles. The van der Waals surface area contributed by atoms with Crippen LogP contribution in [0.2, 0.25) is 0 Å². The Bertz CT molecular complexity index is 1010. The van der Waals surface area contributed by atoms with Crippen molar-refractivity contribution in [2.75, 3.05) is 6.67 Å². The van der Waals surface area contributed by atoms with Gasteiger partial charge in [0.2, 0.25) is 0 Å². The van der Waals surface area contributed by atoms with E-state index in [1.807, 2.05) is 0 Å². The van der Waals surface area contributed by atoms with E-state index in [-0.39, 0.29) is 27.9 Å². The van der Waals surface area contributed by atoms with Gasteiger partial charge in [-0.2, -0.15) is 0 Å². The topological polar surface area (TPSA) is 118 Å². The van der Waals surface area contributed by atoms with Crippen LogP contribution < -0.4 is 0 Å². The fraction of sp³-hybridized carbons (Fsp3) is 0.0588. The molecule has 0 fully saturated rings. The molecule has 26 heavy (non-hydrogen) atoms. The van der Waals surface area contributed by atoms with Crippen molar-refractivity contribution in [2.24, 2.45) is 0 Å². The molecule has 0 aliphatic carbocycles. The smallest absolute Gasteiger partial charge is 0.269 e. The molecule has 2 aliphatic rings. The van der Waals surface area contributed by atoms with Gasteiger partial charge in [-0.1, -0.05) is 12.1 Å². The predicted molar refractivity (Wildman–Crippen MR) is 85.4 cm³/mol. The summed E-state index contributed by atoms with van der Waals surface area (Å²) in [5.41, 5.74) is -0.0556. The second kappa shape index (κ2) is 5.31. The standard InChI is InChI=1S/C17H9N3O6/c21-14-10-3-1-2-4-11(10)15(22)18(14)8-19-16(23)12-6-5-9(20(25)26)7-13(12)17(19)24/h1-7H,8H2. The normalized spacial score (nSPS) is 15.5. The van der Waals surface area contributed by atoms with E-state index in [0.717, 1.165) is 21.9 Å². The monoisotopic (exact) mass is 351 g/mol. The van der Waals surface area contributed by atoms with Crippen LogP contribution in [0.1, 0.15) is 41.4 Å². The molecule has 0 aromatic heterocycles. The molecular formula is C17H9N3O6. The third kappa shape index (κ3) is 2.04. The lowest BCUT2D eigenvalue weighted by Gasteiger charge is -2.20. The third-order valence-corrected chi connectivity index (χ3v) is 4.33. The number of imide groups is 2. The summed E-state index contributed by atoms with van der Waals surface area (Å²) >= 11 is 0. The first kappa shape index (κ1) is 15.6. The molecule has 0 unspecified atom stereocenters. The average Bonchev–Trinajstić information content (AvgIpc) is 3.02. The molecule has 0 atom stereocenters. The molecule has 0 spiro atoms. The fourth-order valence-corrected chi connectivity index (χ4v) is 3.03. The number of fused-ring (bicyclic) bond motifs is 2. The Morgan fingerprint density at radius 3 is 1.69 bits per heavy atom. The zero-order valence-electron chi connectivity index (χ0n) is 13.0. The minimum Gasteiger partial charge on any atom is -0.269 e. The SMILES string of the molecule is O=C1c2ccccc2C(=O)N1CN1C(=O)c2ccc([N+](=O)[O-])cc2C1=O. The van der Waals surface area contributed by atoms with E-state index >= 15 is 0 Å². The maximum atomic E-state index is 12.5. The summed E-state index contributed by atoms with van der Waals surface area (Å²) in [6, 6.07) is 9.51. The van der Waals surface area contributed by atoms with Gasteiger partial charge in [-0.3, -0.25) is 39.1 Å². The van der Waals surface area contributed by atoms with Crippen LogP contribution in [0.25, 0.3) is 0 Å². The maximum absolute atomic E-state index is 12.5. The Kier molecular flexibility index (Phi) is 3.19. The highest BCUT2D eigenvalue weighted by Gasteiger charge is 2.42. The van der Waals surface area contributed by atoms with E-state index in [1.54, 1.807) is 12.1 Å². The van der Waals surface area contributed by atoms with Gasteiger partial charge in [-0.15, -0.1) is 0 Å². The Morgan fingerprint density at radius 1 is 0.731 bits per heavy atom. The van der Waals surface area contributed by atoms with Crippen LogP contribution in [-0.2, 0) is 0 Å². The number of amides is 4. The molecule has 2 aromatic carbocycles. The van der Waals surface area contributed by atoms with Crippen molar-refractivity contribution < 1.29 is 24.1 Å². The number of benzene rings is 2. The lowest BCUT2D eigenvalue weighted by molar-refractivity contribution is -0.384. The minimum absolute atomic E-state index is 0.00258. The molecule has 2 heterocycles. The van der Waals surface area contributed by atoms with Crippen molar-refractivity contribution >= 4 is 29.3 Å². The van der Waals surface area contributed by atoms with E-state index in [4.69, 9.17) is 0 Å². The van der Waals surface area contributed by atoms with Crippen molar-refractivity contribution in [1.82, 2.24) is 9.80 Å². The van der Waals surface area contributed by atoms with Crippen molar-refractivity contribution in [3.05, 3.63) is 74.8 Å². The van der Waals surface area contributed by atoms with Gasteiger partial charge >= 0.3 is 0 Å². The second-order valence-corrected chi connectivity index (χ2v) is 5.75. The van der Waals surface area contributed by atoms with Crippen LogP contribution in [0.4, 0.5) is 5.69 Å². The van der Waals surface area contributed by atoms with Gasteiger partial charge in [0, 0.05) is 12.1 Å². The van der Waals surface area contributed by atoms with Gasteiger partial charge in [-0.25, -0.2) is 0 Å². The summed E-state index contributed by atoms with van der Waals surface area (Å²) in [5.74, 6) is -2.71. The van der Waals surface area contributed by atoms with Gasteiger partial charge in [-0.05, 0) is 18.2 Å². The summed E-state index contributed by atoms with van der Waals surface area (Å²) in [6.07, 6.45) is 0. The Labute approximate surface area is 145 Å². The van der Waals surface area contributed by atoms with Crippen LogP contribution in [0.5, 0.6) is 0 Å². The Hall–Kier alpha value is -3.88. The lowest BCUT2D eigenvalue weighted by Crippen LogP contribution is -2.43. The zero-order valence-corrected chi connectivity index (χ0v) is 13.0. The van der Waals surface area contributed by atoms with E-state index < -0.39 is 35.2 Å². The van der Waals surface area contributed by atoms with Crippen LogP contribution in [0, 0.1) is 10.1 Å². The Balaban J connectivity index is 1.65. The van der Waals surface area contributed by atoms with Crippen molar-refractivity contribution in [3.8, 4) is 0 Å². The third-order valence-electron chi connectivity index (χ3n) is 4.33. The number of nitro groups is 1. The van der Waals surface area contributed by atoms with Crippen molar-refractivity contribution in [1.29, 1.82) is 0 Å². The summed E-state index contributed by atoms with van der Waals surface area (Å²) in [5, 5.41) is 10.9. The highest BCUT2D eigenvalue weighted by atomic mass is 16.6. The molecule has 0 bridgehead atoms. The van der Waals surface area contributed by atoms with E-state index in [9.17, 15) is 29.3 Å². The number of rotatable bonds is 3. The first-order chi connectivity index (χ1) is 12.4. The predicted octanol–water partition coefficient (Wildman–Crippen LogP) is 1.44. The molecule has 0 N–H and O–H groups in total. The van der Waals surface area contributed by atoms with Crippen LogP contribution >= 0.6 is 0 Å². The molecule has 4 amide bonds. The number of carbonyl (C=O) groups is 4. The number of non-ortho nitro benzene ring substituents is 1. The highest BCUT2D eigenvalue weighted by molar-refractivity contribution is 6.24. The second-order valence-electron chi connectivity index (χ2n) is 5.75. The van der Waals surface area contributed by atoms with Gasteiger partial charge in [0.25, 0.3) is 29.3 Å². The number of hydrogen-bond donors (Lipinski definition) is 0. The summed E-state index contributed by atoms with van der Waals surface area (Å²) in [7, 11) is 0. The number of nitrogens with zero attached hydrogens (tertiary/aromatic N) is 3. The molecule has 2 aliphatic heterocycles. The van der Waals surface area contributed by atoms with E-state index in [1.165, 1.54) is 18.2 Å². The Morgan fingerprint density at radius 2 is 1.19 bits per heavy atom. The molecule has 4 rings (SSSR count). The average molecular weight is 351 g/mol. The van der Waals surface area contributed by atoms with Gasteiger partial charge in [0.05, 0.1) is 27.2 Å². The minimum atomic E-state index is -0.787. The molecule has 0 saturated heterocycles. The maximum Gasteiger partial charge on any atom is 0.270 e. The molecule has 0 radical (unpaired) electrons. The molecule has 2 aromatic rings. The summed E-state index contributed by atoms with van der Waals surface area (Å²) in [6.45, 7) is -0.549. The largest absolute Gasteiger partial charge is 0.270 e. The molecule has 9 heteroatoms. The van der Waals surface area contributed by atoms with Crippen molar-refractivity contribution in [3.63, 3.8) is 0 Å². The first-order valence-corrected chi connectivity index (χ1v) is 7.50. The molecule has 9 nitrogen and oxygen atoms in total. The van der Waals surface area contributed by atoms with Crippen LogP contribution in [-0.4, -0.2) is 45.0 Å². The van der Waals surface area contributed by atoms with Gasteiger partial charge in [0.1, 0.15) is 6.67 Å². The van der Waals surface area contributed by atoms with E-state index in [2.05, 4.69) is 0 Å². The van der Waals surface area contributed by atoms with Crippen LogP contribution in [0.3, 0.4) is 0 Å². The molecular weight excluding hydrogens is 342 g/mol. The van der Waals surface area contributed by atoms with E-state index in [0.29, 0.717) is 0 Å². The van der Waals surface area contributed by atoms with Gasteiger partial charge < -0.3 is 0 Å². The fourth-order valence-electron chi connectivity index (χ4n) is 3.03. The highest BCUT2D eigenvalue weighted by Crippen LogP contribution is 2.29. The van der Waals surface area contributed by atoms with Crippen LogP contribution in [0.15, 0.2) is 42.5 Å². The zero-order chi connectivity index (χ0) is 18.6. The summed E-state index contributed by atoms with van der Waals surface area (Å²) in [4.78, 5) is 61.4.